The van der Waals surface area contributed by atoms with Crippen LogP contribution in [0.15, 0.2) is 77.7 Å². The van der Waals surface area contributed by atoms with Crippen molar-refractivity contribution in [1.29, 1.82) is 0 Å². The molecule has 1 atom stereocenters. The van der Waals surface area contributed by atoms with E-state index in [0.29, 0.717) is 29.3 Å². The van der Waals surface area contributed by atoms with Crippen LogP contribution >= 0.6 is 11.3 Å². The van der Waals surface area contributed by atoms with Crippen molar-refractivity contribution >= 4 is 38.7 Å². The minimum Gasteiger partial charge on any atom is -0.491 e. The Morgan fingerprint density at radius 2 is 1.70 bits per heavy atom. The van der Waals surface area contributed by atoms with Gasteiger partial charge in [0.25, 0.3) is 0 Å². The molecular weight excluding hydrogens is 640 g/mol. The standard InChI is InChI=1S/C36H39FN2O6S2/c1-23(2)45-31-17-11-10-14-25(31)22-44-32-20-29-34(18-27(32)33-19-28(37)35(46-33)36(40)41)47(42,43)38(3)30(24-12-6-4-7-13-24)21-39(29)26-15-8-5-9-16-26/h5,8-11,14-20,23-24,30H,4,6-7,12-13,21-22H2,1-3H3,(H,40,41)/t30-/m0/s1. The highest BCUT2D eigenvalue weighted by Gasteiger charge is 2.41. The van der Waals surface area contributed by atoms with Crippen LogP contribution in [0.25, 0.3) is 10.4 Å². The van der Waals surface area contributed by atoms with Crippen LogP contribution in [0.1, 0.15) is 61.2 Å². The molecule has 1 aliphatic carbocycles. The zero-order chi connectivity index (χ0) is 33.3. The van der Waals surface area contributed by atoms with E-state index < -0.39 is 26.7 Å². The number of thiophene rings is 1. The number of carbonyl (C=O) groups is 1. The van der Waals surface area contributed by atoms with E-state index in [2.05, 4.69) is 0 Å². The normalized spacial score (nSPS) is 18.5. The molecule has 1 saturated carbocycles. The number of aromatic carboxylic acids is 1. The number of carboxylic acid groups (broad SMARTS) is 1. The zero-order valence-electron chi connectivity index (χ0n) is 26.7. The molecule has 0 saturated heterocycles. The summed E-state index contributed by atoms with van der Waals surface area (Å²) in [6.07, 6.45) is 5.11. The number of fused-ring (bicyclic) bond motifs is 1. The van der Waals surface area contributed by atoms with E-state index in [1.165, 1.54) is 10.4 Å². The van der Waals surface area contributed by atoms with Crippen molar-refractivity contribution < 1.29 is 32.2 Å². The maximum Gasteiger partial charge on any atom is 0.348 e. The first-order valence-electron chi connectivity index (χ1n) is 15.9. The number of likely N-dealkylation sites (N-methyl/N-ethyl adjacent to an activating group) is 1. The monoisotopic (exact) mass is 678 g/mol. The van der Waals surface area contributed by atoms with Crippen molar-refractivity contribution in [3.8, 4) is 21.9 Å². The largest absolute Gasteiger partial charge is 0.491 e. The van der Waals surface area contributed by atoms with Crippen LogP contribution in [0.3, 0.4) is 0 Å². The lowest BCUT2D eigenvalue weighted by atomic mass is 9.83. The number of anilines is 2. The molecule has 1 N–H and O–H groups in total. The predicted molar refractivity (Wildman–Crippen MR) is 182 cm³/mol. The van der Waals surface area contributed by atoms with Gasteiger partial charge in [-0.05, 0) is 62.9 Å². The van der Waals surface area contributed by atoms with Crippen LogP contribution < -0.4 is 14.4 Å². The van der Waals surface area contributed by atoms with Crippen molar-refractivity contribution in [2.45, 2.75) is 69.6 Å². The fraction of sp³-hybridized carbons (Fsp3) is 0.361. The van der Waals surface area contributed by atoms with Gasteiger partial charge in [0, 0.05) is 47.4 Å². The molecule has 2 aliphatic rings. The van der Waals surface area contributed by atoms with Crippen LogP contribution in [0.4, 0.5) is 15.8 Å². The summed E-state index contributed by atoms with van der Waals surface area (Å²) in [5.74, 6) is -1.14. The lowest BCUT2D eigenvalue weighted by Gasteiger charge is -2.36. The van der Waals surface area contributed by atoms with Crippen molar-refractivity contribution in [1.82, 2.24) is 4.31 Å². The molecule has 11 heteroatoms. The molecule has 1 aliphatic heterocycles. The fourth-order valence-electron chi connectivity index (χ4n) is 6.62. The molecule has 6 rings (SSSR count). The Labute approximate surface area is 279 Å². The van der Waals surface area contributed by atoms with E-state index in [-0.39, 0.29) is 34.4 Å². The van der Waals surface area contributed by atoms with Crippen LogP contribution in [0.2, 0.25) is 0 Å². The number of hydrogen-bond donors (Lipinski definition) is 1. The second-order valence-electron chi connectivity index (χ2n) is 12.4. The molecule has 3 aromatic carbocycles. The third kappa shape index (κ3) is 6.75. The number of carboxylic acids is 1. The minimum atomic E-state index is -4.04. The molecule has 4 aromatic rings. The lowest BCUT2D eigenvalue weighted by Crippen LogP contribution is -2.46. The van der Waals surface area contributed by atoms with Gasteiger partial charge in [0.15, 0.2) is 0 Å². The first-order valence-corrected chi connectivity index (χ1v) is 18.2. The summed E-state index contributed by atoms with van der Waals surface area (Å²) < 4.78 is 57.9. The van der Waals surface area contributed by atoms with Gasteiger partial charge in [0.05, 0.1) is 11.8 Å². The van der Waals surface area contributed by atoms with E-state index in [9.17, 15) is 22.7 Å². The summed E-state index contributed by atoms with van der Waals surface area (Å²) in [6, 6.07) is 21.3. The molecule has 0 spiro atoms. The molecule has 0 radical (unpaired) electrons. The highest BCUT2D eigenvalue weighted by Crippen LogP contribution is 2.47. The molecule has 248 valence electrons. The lowest BCUT2D eigenvalue weighted by molar-refractivity contribution is 0.0697. The average Bonchev–Trinajstić information content (AvgIpc) is 3.43. The highest BCUT2D eigenvalue weighted by atomic mass is 32.2. The Morgan fingerprint density at radius 1 is 1.00 bits per heavy atom. The number of para-hydroxylation sites is 2. The summed E-state index contributed by atoms with van der Waals surface area (Å²) in [5.41, 5.74) is 2.35. The number of benzene rings is 3. The molecule has 0 amide bonds. The van der Waals surface area contributed by atoms with Gasteiger partial charge < -0.3 is 19.5 Å². The van der Waals surface area contributed by atoms with Crippen molar-refractivity contribution in [3.05, 3.63) is 89.1 Å². The number of halogens is 1. The van der Waals surface area contributed by atoms with Crippen molar-refractivity contribution in [3.63, 3.8) is 0 Å². The highest BCUT2D eigenvalue weighted by molar-refractivity contribution is 7.89. The summed E-state index contributed by atoms with van der Waals surface area (Å²) in [6.45, 7) is 4.39. The molecular formula is C36H39FN2O6S2. The molecule has 1 aromatic heterocycles. The Kier molecular flexibility index (Phi) is 9.59. The SMILES string of the molecule is CC(C)Oc1ccccc1COc1cc2c(cc1-c1cc(F)c(C(=O)O)s1)S(=O)(=O)N(C)[C@H](C1CCCCC1)CN2c1ccccc1. The van der Waals surface area contributed by atoms with Gasteiger partial charge in [-0.25, -0.2) is 17.6 Å². The summed E-state index contributed by atoms with van der Waals surface area (Å²) in [7, 11) is -2.39. The second kappa shape index (κ2) is 13.7. The molecule has 0 bridgehead atoms. The maximum absolute atomic E-state index is 14.9. The third-order valence-electron chi connectivity index (χ3n) is 8.97. The van der Waals surface area contributed by atoms with Gasteiger partial charge in [0.1, 0.15) is 33.7 Å². The van der Waals surface area contributed by atoms with E-state index in [4.69, 9.17) is 9.47 Å². The first-order chi connectivity index (χ1) is 22.5. The quantitative estimate of drug-likeness (QED) is 0.190. The van der Waals surface area contributed by atoms with E-state index in [0.717, 1.165) is 60.8 Å². The van der Waals surface area contributed by atoms with Gasteiger partial charge in [-0.2, -0.15) is 4.31 Å². The van der Waals surface area contributed by atoms with Crippen LogP contribution in [-0.4, -0.2) is 49.5 Å². The molecule has 47 heavy (non-hydrogen) atoms. The van der Waals surface area contributed by atoms with Gasteiger partial charge in [-0.15, -0.1) is 11.3 Å². The third-order valence-corrected chi connectivity index (χ3v) is 12.0. The van der Waals surface area contributed by atoms with Crippen molar-refractivity contribution in [2.24, 2.45) is 5.92 Å². The fourth-order valence-corrected chi connectivity index (χ4v) is 9.13. The second-order valence-corrected chi connectivity index (χ2v) is 15.4. The Hall–Kier alpha value is -3.93. The number of sulfonamides is 1. The Morgan fingerprint density at radius 3 is 2.38 bits per heavy atom. The number of rotatable bonds is 9. The Balaban J connectivity index is 1.54. The smallest absolute Gasteiger partial charge is 0.348 e. The minimum absolute atomic E-state index is 0.0544. The zero-order valence-corrected chi connectivity index (χ0v) is 28.3. The molecule has 1 fully saturated rings. The first kappa shape index (κ1) is 33.0. The predicted octanol–water partition coefficient (Wildman–Crippen LogP) is 8.34. The van der Waals surface area contributed by atoms with Gasteiger partial charge in [0.2, 0.25) is 10.0 Å². The summed E-state index contributed by atoms with van der Waals surface area (Å²) in [5, 5.41) is 9.63. The summed E-state index contributed by atoms with van der Waals surface area (Å²) >= 11 is 0.744. The van der Waals surface area contributed by atoms with Gasteiger partial charge >= 0.3 is 5.97 Å². The van der Waals surface area contributed by atoms with Gasteiger partial charge in [-0.1, -0.05) is 55.7 Å². The van der Waals surface area contributed by atoms with Gasteiger partial charge in [-0.3, -0.25) is 0 Å². The molecule has 2 heterocycles. The summed E-state index contributed by atoms with van der Waals surface area (Å²) in [4.78, 5) is 13.7. The Bertz CT molecular complexity index is 1850. The van der Waals surface area contributed by atoms with Crippen LogP contribution in [-0.2, 0) is 16.6 Å². The maximum atomic E-state index is 14.9. The van der Waals surface area contributed by atoms with E-state index in [1.807, 2.05) is 73.3 Å². The molecule has 8 nitrogen and oxygen atoms in total. The molecule has 0 unspecified atom stereocenters. The topological polar surface area (TPSA) is 96.4 Å². The van der Waals surface area contributed by atoms with E-state index in [1.54, 1.807) is 13.1 Å². The van der Waals surface area contributed by atoms with Crippen molar-refractivity contribution in [2.75, 3.05) is 18.5 Å². The van der Waals surface area contributed by atoms with Crippen LogP contribution in [0, 0.1) is 11.7 Å². The van der Waals surface area contributed by atoms with E-state index >= 15 is 0 Å². The average molecular weight is 679 g/mol. The van der Waals surface area contributed by atoms with Crippen LogP contribution in [0.5, 0.6) is 11.5 Å². The number of nitrogens with zero attached hydrogens (tertiary/aromatic N) is 2. The number of hydrogen-bond acceptors (Lipinski definition) is 7. The number of ether oxygens (including phenoxy) is 2.